The van der Waals surface area contributed by atoms with Crippen LogP contribution in [-0.2, 0) is 11.3 Å². The van der Waals surface area contributed by atoms with Gasteiger partial charge in [0, 0.05) is 42.7 Å². The summed E-state index contributed by atoms with van der Waals surface area (Å²) in [5.74, 6) is 0. The average molecular weight is 343 g/mol. The van der Waals surface area contributed by atoms with Gasteiger partial charge in [-0.3, -0.25) is 9.88 Å². The Balaban J connectivity index is 1.49. The molecule has 2 aromatic rings. The lowest BCUT2D eigenvalue weighted by atomic mass is 9.80. The number of pyridine rings is 1. The van der Waals surface area contributed by atoms with Gasteiger partial charge in [-0.25, -0.2) is 0 Å². The summed E-state index contributed by atoms with van der Waals surface area (Å²) in [5, 5.41) is 2.17. The van der Waals surface area contributed by atoms with Crippen LogP contribution in [0.4, 0.5) is 5.69 Å². The Hall–Kier alpha value is -1.43. The maximum atomic E-state index is 6.04. The Labute approximate surface area is 148 Å². The van der Waals surface area contributed by atoms with Crippen molar-refractivity contribution in [3.05, 3.63) is 46.9 Å². The molecule has 4 rings (SSSR count). The summed E-state index contributed by atoms with van der Waals surface area (Å²) in [4.78, 5) is 10.8. The van der Waals surface area contributed by atoms with Crippen LogP contribution < -0.4 is 4.90 Å². The van der Waals surface area contributed by atoms with Crippen LogP contribution in [0, 0.1) is 5.41 Å². The number of aromatic nitrogens is 1. The first-order valence-corrected chi connectivity index (χ1v) is 9.69. The number of hydrogen-bond acceptors (Lipinski definition) is 5. The van der Waals surface area contributed by atoms with Crippen LogP contribution in [0.5, 0.6) is 0 Å². The highest BCUT2D eigenvalue weighted by Gasteiger charge is 2.39. The van der Waals surface area contributed by atoms with Crippen molar-refractivity contribution in [1.82, 2.24) is 9.88 Å². The lowest BCUT2D eigenvalue weighted by molar-refractivity contribution is 0.0110. The standard InChI is InChI=1S/C19H25N3OS/c1-4-17(12-20-7-1)22-9-10-23-16-19(15-22)6-3-8-21(14-19)13-18-5-2-11-24-18/h1-2,4-5,7,11-12H,3,6,8-10,13-16H2/t19-/m1/s1. The minimum absolute atomic E-state index is 0.238. The van der Waals surface area contributed by atoms with Gasteiger partial charge in [0.15, 0.2) is 0 Å². The minimum Gasteiger partial charge on any atom is -0.379 e. The summed E-state index contributed by atoms with van der Waals surface area (Å²) in [6, 6.07) is 8.59. The van der Waals surface area contributed by atoms with Crippen LogP contribution in [-0.4, -0.2) is 49.3 Å². The average Bonchev–Trinajstić information content (AvgIpc) is 3.03. The molecule has 0 saturated carbocycles. The molecule has 0 aromatic carbocycles. The molecule has 24 heavy (non-hydrogen) atoms. The molecule has 0 bridgehead atoms. The maximum Gasteiger partial charge on any atom is 0.0641 e. The second kappa shape index (κ2) is 7.21. The van der Waals surface area contributed by atoms with Crippen molar-refractivity contribution < 1.29 is 4.74 Å². The second-order valence-electron chi connectivity index (χ2n) is 7.08. The molecule has 4 nitrogen and oxygen atoms in total. The van der Waals surface area contributed by atoms with Crippen molar-refractivity contribution in [1.29, 1.82) is 0 Å². The molecular weight excluding hydrogens is 318 g/mol. The normalized spacial score (nSPS) is 25.8. The predicted molar refractivity (Wildman–Crippen MR) is 98.5 cm³/mol. The fourth-order valence-corrected chi connectivity index (χ4v) is 4.82. The van der Waals surface area contributed by atoms with Crippen molar-refractivity contribution in [3.8, 4) is 0 Å². The number of rotatable bonds is 3. The quantitative estimate of drug-likeness (QED) is 0.855. The molecule has 1 spiro atoms. The lowest BCUT2D eigenvalue weighted by Gasteiger charge is -2.44. The summed E-state index contributed by atoms with van der Waals surface area (Å²) in [6.45, 7) is 7.12. The molecule has 0 N–H and O–H groups in total. The minimum atomic E-state index is 0.238. The fraction of sp³-hybridized carbons (Fsp3) is 0.526. The molecule has 0 aliphatic carbocycles. The van der Waals surface area contributed by atoms with E-state index in [9.17, 15) is 0 Å². The van der Waals surface area contributed by atoms with Crippen LogP contribution in [0.15, 0.2) is 42.0 Å². The number of nitrogens with zero attached hydrogens (tertiary/aromatic N) is 3. The predicted octanol–water partition coefficient (Wildman–Crippen LogP) is 3.26. The Morgan fingerprint density at radius 3 is 3.04 bits per heavy atom. The molecule has 128 valence electrons. The zero-order valence-electron chi connectivity index (χ0n) is 14.1. The van der Waals surface area contributed by atoms with E-state index in [0.717, 1.165) is 39.4 Å². The number of ether oxygens (including phenoxy) is 1. The van der Waals surface area contributed by atoms with E-state index in [4.69, 9.17) is 4.74 Å². The molecule has 5 heteroatoms. The summed E-state index contributed by atoms with van der Waals surface area (Å²) in [7, 11) is 0. The van der Waals surface area contributed by atoms with E-state index in [1.807, 2.05) is 29.8 Å². The van der Waals surface area contributed by atoms with Gasteiger partial charge in [-0.1, -0.05) is 6.07 Å². The summed E-state index contributed by atoms with van der Waals surface area (Å²) >= 11 is 1.86. The van der Waals surface area contributed by atoms with Gasteiger partial charge >= 0.3 is 0 Å². The molecular formula is C19H25N3OS. The van der Waals surface area contributed by atoms with Crippen LogP contribution in [0.2, 0.25) is 0 Å². The van der Waals surface area contributed by atoms with E-state index in [0.29, 0.717) is 0 Å². The van der Waals surface area contributed by atoms with Crippen molar-refractivity contribution in [3.63, 3.8) is 0 Å². The largest absolute Gasteiger partial charge is 0.379 e. The highest BCUT2D eigenvalue weighted by Crippen LogP contribution is 2.35. The third-order valence-electron chi connectivity index (χ3n) is 5.15. The SMILES string of the molecule is c1cncc(N2CCOC[C@@]3(CCCN(Cc4cccs4)C3)C2)c1. The van der Waals surface area contributed by atoms with Crippen molar-refractivity contribution in [2.24, 2.45) is 5.41 Å². The van der Waals surface area contributed by atoms with E-state index in [1.165, 1.54) is 30.0 Å². The Bertz CT molecular complexity index is 633. The van der Waals surface area contributed by atoms with Crippen LogP contribution >= 0.6 is 11.3 Å². The van der Waals surface area contributed by atoms with Gasteiger partial charge in [-0.15, -0.1) is 11.3 Å². The van der Waals surface area contributed by atoms with Gasteiger partial charge in [-0.2, -0.15) is 0 Å². The number of piperidine rings is 1. The smallest absolute Gasteiger partial charge is 0.0641 e. The Morgan fingerprint density at radius 1 is 1.21 bits per heavy atom. The molecule has 2 aliphatic heterocycles. The topological polar surface area (TPSA) is 28.6 Å². The van der Waals surface area contributed by atoms with Gasteiger partial charge in [0.05, 0.1) is 25.1 Å². The first kappa shape index (κ1) is 16.1. The van der Waals surface area contributed by atoms with E-state index in [2.05, 4.69) is 38.4 Å². The summed E-state index contributed by atoms with van der Waals surface area (Å²) in [5.41, 5.74) is 1.46. The number of likely N-dealkylation sites (tertiary alicyclic amines) is 1. The third kappa shape index (κ3) is 3.63. The lowest BCUT2D eigenvalue weighted by Crippen LogP contribution is -2.50. The maximum absolute atomic E-state index is 6.04. The monoisotopic (exact) mass is 343 g/mol. The van der Waals surface area contributed by atoms with Crippen molar-refractivity contribution >= 4 is 17.0 Å². The number of thiophene rings is 1. The highest BCUT2D eigenvalue weighted by molar-refractivity contribution is 7.09. The van der Waals surface area contributed by atoms with E-state index < -0.39 is 0 Å². The zero-order valence-corrected chi connectivity index (χ0v) is 14.9. The number of anilines is 1. The van der Waals surface area contributed by atoms with Gasteiger partial charge in [0.25, 0.3) is 0 Å². The van der Waals surface area contributed by atoms with E-state index in [1.54, 1.807) is 0 Å². The molecule has 2 aromatic heterocycles. The summed E-state index contributed by atoms with van der Waals surface area (Å²) < 4.78 is 6.04. The van der Waals surface area contributed by atoms with Crippen molar-refractivity contribution in [2.45, 2.75) is 19.4 Å². The molecule has 1 atom stereocenters. The van der Waals surface area contributed by atoms with Gasteiger partial charge in [0.1, 0.15) is 0 Å². The van der Waals surface area contributed by atoms with Gasteiger partial charge < -0.3 is 9.64 Å². The van der Waals surface area contributed by atoms with Crippen LogP contribution in [0.1, 0.15) is 17.7 Å². The Kier molecular flexibility index (Phi) is 4.83. The van der Waals surface area contributed by atoms with Gasteiger partial charge in [0.2, 0.25) is 0 Å². The van der Waals surface area contributed by atoms with Crippen LogP contribution in [0.3, 0.4) is 0 Å². The molecule has 0 unspecified atom stereocenters. The highest BCUT2D eigenvalue weighted by atomic mass is 32.1. The summed E-state index contributed by atoms with van der Waals surface area (Å²) in [6.07, 6.45) is 6.34. The number of hydrogen-bond donors (Lipinski definition) is 0. The molecule has 0 radical (unpaired) electrons. The van der Waals surface area contributed by atoms with Gasteiger partial charge in [-0.05, 0) is 43.0 Å². The molecule has 0 amide bonds. The third-order valence-corrected chi connectivity index (χ3v) is 6.01. The first-order valence-electron chi connectivity index (χ1n) is 8.81. The molecule has 2 saturated heterocycles. The fourth-order valence-electron chi connectivity index (χ4n) is 4.07. The molecule has 2 aliphatic rings. The molecule has 4 heterocycles. The van der Waals surface area contributed by atoms with E-state index >= 15 is 0 Å². The van der Waals surface area contributed by atoms with Crippen molar-refractivity contribution in [2.75, 3.05) is 44.3 Å². The van der Waals surface area contributed by atoms with Crippen LogP contribution in [0.25, 0.3) is 0 Å². The molecule has 2 fully saturated rings. The Morgan fingerprint density at radius 2 is 2.21 bits per heavy atom. The zero-order chi connectivity index (χ0) is 16.2. The second-order valence-corrected chi connectivity index (χ2v) is 8.11. The first-order chi connectivity index (χ1) is 11.8. The van der Waals surface area contributed by atoms with E-state index in [-0.39, 0.29) is 5.41 Å².